The van der Waals surface area contributed by atoms with Crippen LogP contribution in [0.1, 0.15) is 45.4 Å². The van der Waals surface area contributed by atoms with Gasteiger partial charge in [0.25, 0.3) is 0 Å². The lowest BCUT2D eigenvalue weighted by atomic mass is 9.96. The van der Waals surface area contributed by atoms with Gasteiger partial charge in [-0.1, -0.05) is 0 Å². The van der Waals surface area contributed by atoms with Crippen LogP contribution in [0.4, 0.5) is 4.79 Å². The van der Waals surface area contributed by atoms with Crippen molar-refractivity contribution in [1.29, 1.82) is 0 Å². The van der Waals surface area contributed by atoms with Crippen molar-refractivity contribution >= 4 is 6.03 Å². The Hall–Kier alpha value is -1.83. The van der Waals surface area contributed by atoms with E-state index >= 15 is 0 Å². The van der Waals surface area contributed by atoms with E-state index in [4.69, 9.17) is 4.74 Å². The summed E-state index contributed by atoms with van der Waals surface area (Å²) in [6.45, 7) is 8.78. The number of nitrogens with one attached hydrogen (secondary N) is 1. The van der Waals surface area contributed by atoms with Gasteiger partial charge in [-0.2, -0.15) is 5.10 Å². The highest BCUT2D eigenvalue weighted by Gasteiger charge is 2.28. The largest absolute Gasteiger partial charge is 0.383 e. The Balaban J connectivity index is 2.06. The molecule has 1 saturated heterocycles. The summed E-state index contributed by atoms with van der Waals surface area (Å²) in [6, 6.07) is 0.124. The molecule has 1 aromatic rings. The number of amides is 2. The highest BCUT2D eigenvalue weighted by molar-refractivity contribution is 5.74. The second kappa shape index (κ2) is 8.32. The van der Waals surface area contributed by atoms with E-state index in [1.54, 1.807) is 11.7 Å². The van der Waals surface area contributed by atoms with E-state index in [1.165, 1.54) is 4.68 Å². The van der Waals surface area contributed by atoms with E-state index < -0.39 is 0 Å². The van der Waals surface area contributed by atoms with Crippen LogP contribution in [-0.4, -0.2) is 58.1 Å². The minimum atomic E-state index is -0.0791. The molecule has 8 heteroatoms. The van der Waals surface area contributed by atoms with E-state index in [0.717, 1.165) is 18.7 Å². The molecule has 24 heavy (non-hydrogen) atoms. The first kappa shape index (κ1) is 18.5. The lowest BCUT2D eigenvalue weighted by Gasteiger charge is -2.32. The van der Waals surface area contributed by atoms with Gasteiger partial charge in [-0.15, -0.1) is 0 Å². The molecule has 0 spiro atoms. The van der Waals surface area contributed by atoms with Crippen molar-refractivity contribution in [3.63, 3.8) is 0 Å². The highest BCUT2D eigenvalue weighted by Crippen LogP contribution is 2.26. The van der Waals surface area contributed by atoms with Crippen LogP contribution in [0.5, 0.6) is 0 Å². The number of piperidine rings is 1. The van der Waals surface area contributed by atoms with E-state index in [2.05, 4.69) is 10.4 Å². The standard InChI is InChI=1S/C16H29N5O3/c1-5-20-14(18-21(16(20)23)10-11-24-4)13-6-8-19(9-7-13)15(22)17-12(2)3/h12-13H,5-11H2,1-4H3,(H,17,22). The molecule has 136 valence electrons. The highest BCUT2D eigenvalue weighted by atomic mass is 16.5. The summed E-state index contributed by atoms with van der Waals surface area (Å²) in [7, 11) is 1.61. The van der Waals surface area contributed by atoms with Gasteiger partial charge in [0.15, 0.2) is 0 Å². The van der Waals surface area contributed by atoms with Gasteiger partial charge < -0.3 is 15.0 Å². The molecule has 2 rings (SSSR count). The van der Waals surface area contributed by atoms with Crippen LogP contribution in [-0.2, 0) is 17.8 Å². The van der Waals surface area contributed by atoms with Gasteiger partial charge in [0, 0.05) is 38.7 Å². The van der Waals surface area contributed by atoms with Crippen LogP contribution in [0, 0.1) is 0 Å². The molecule has 1 aliphatic rings. The fraction of sp³-hybridized carbons (Fsp3) is 0.812. The molecule has 0 atom stereocenters. The summed E-state index contributed by atoms with van der Waals surface area (Å²) in [4.78, 5) is 26.3. The number of ether oxygens (including phenoxy) is 1. The Morgan fingerprint density at radius 2 is 2.04 bits per heavy atom. The monoisotopic (exact) mass is 339 g/mol. The maximum absolute atomic E-state index is 12.4. The molecule has 0 radical (unpaired) electrons. The number of carbonyl (C=O) groups excluding carboxylic acids is 1. The van der Waals surface area contributed by atoms with Crippen molar-refractivity contribution in [2.24, 2.45) is 0 Å². The van der Waals surface area contributed by atoms with Gasteiger partial charge in [0.1, 0.15) is 5.82 Å². The zero-order valence-electron chi connectivity index (χ0n) is 15.1. The van der Waals surface area contributed by atoms with E-state index in [0.29, 0.717) is 32.8 Å². The zero-order valence-corrected chi connectivity index (χ0v) is 15.1. The average Bonchev–Trinajstić information content (AvgIpc) is 2.88. The van der Waals surface area contributed by atoms with Crippen molar-refractivity contribution in [3.05, 3.63) is 16.3 Å². The van der Waals surface area contributed by atoms with Crippen molar-refractivity contribution in [1.82, 2.24) is 24.6 Å². The Bertz CT molecular complexity index is 599. The number of aromatic nitrogens is 3. The Morgan fingerprint density at radius 1 is 1.38 bits per heavy atom. The molecule has 0 aromatic carbocycles. The van der Waals surface area contributed by atoms with Crippen LogP contribution in [0.25, 0.3) is 0 Å². The maximum atomic E-state index is 12.4. The maximum Gasteiger partial charge on any atom is 0.345 e. The smallest absolute Gasteiger partial charge is 0.345 e. The number of carbonyl (C=O) groups is 1. The van der Waals surface area contributed by atoms with Gasteiger partial charge >= 0.3 is 11.7 Å². The molecule has 0 unspecified atom stereocenters. The van der Waals surface area contributed by atoms with E-state index in [-0.39, 0.29) is 23.7 Å². The quantitative estimate of drug-likeness (QED) is 0.839. The second-order valence-electron chi connectivity index (χ2n) is 6.47. The minimum Gasteiger partial charge on any atom is -0.383 e. The van der Waals surface area contributed by atoms with Crippen LogP contribution in [0.3, 0.4) is 0 Å². The topological polar surface area (TPSA) is 81.4 Å². The van der Waals surface area contributed by atoms with Gasteiger partial charge in [-0.05, 0) is 33.6 Å². The molecule has 0 aliphatic carbocycles. The number of likely N-dealkylation sites (tertiary alicyclic amines) is 1. The minimum absolute atomic E-state index is 0.0121. The lowest BCUT2D eigenvalue weighted by molar-refractivity contribution is 0.176. The fourth-order valence-electron chi connectivity index (χ4n) is 3.06. The molecule has 1 fully saturated rings. The predicted octanol–water partition coefficient (Wildman–Crippen LogP) is 1.01. The molecule has 0 bridgehead atoms. The first-order valence-electron chi connectivity index (χ1n) is 8.69. The van der Waals surface area contributed by atoms with Gasteiger partial charge in [-0.3, -0.25) is 4.57 Å². The molecule has 2 heterocycles. The third kappa shape index (κ3) is 4.17. The predicted molar refractivity (Wildman–Crippen MR) is 91.3 cm³/mol. The Labute approximate surface area is 142 Å². The first-order valence-corrected chi connectivity index (χ1v) is 8.69. The molecular formula is C16H29N5O3. The number of rotatable bonds is 6. The number of hydrogen-bond acceptors (Lipinski definition) is 4. The molecule has 0 saturated carbocycles. The molecule has 1 aromatic heterocycles. The van der Waals surface area contributed by atoms with Gasteiger partial charge in [-0.25, -0.2) is 14.3 Å². The third-order valence-electron chi connectivity index (χ3n) is 4.33. The average molecular weight is 339 g/mol. The van der Waals surface area contributed by atoms with Crippen molar-refractivity contribution in [3.8, 4) is 0 Å². The normalized spacial score (nSPS) is 16.0. The van der Waals surface area contributed by atoms with Crippen LogP contribution in [0.15, 0.2) is 4.79 Å². The van der Waals surface area contributed by atoms with Crippen LogP contribution in [0.2, 0.25) is 0 Å². The van der Waals surface area contributed by atoms with Crippen LogP contribution < -0.4 is 11.0 Å². The van der Waals surface area contributed by atoms with Gasteiger partial charge in [0.2, 0.25) is 0 Å². The summed E-state index contributed by atoms with van der Waals surface area (Å²) in [5, 5.41) is 7.45. The summed E-state index contributed by atoms with van der Waals surface area (Å²) >= 11 is 0. The van der Waals surface area contributed by atoms with Gasteiger partial charge in [0.05, 0.1) is 13.2 Å². The van der Waals surface area contributed by atoms with E-state index in [9.17, 15) is 9.59 Å². The van der Waals surface area contributed by atoms with Crippen molar-refractivity contribution in [2.45, 2.75) is 58.7 Å². The number of hydrogen-bond donors (Lipinski definition) is 1. The molecule has 8 nitrogen and oxygen atoms in total. The summed E-state index contributed by atoms with van der Waals surface area (Å²) < 4.78 is 8.27. The number of urea groups is 1. The third-order valence-corrected chi connectivity index (χ3v) is 4.33. The Kier molecular flexibility index (Phi) is 6.42. The van der Waals surface area contributed by atoms with Crippen molar-refractivity contribution < 1.29 is 9.53 Å². The Morgan fingerprint density at radius 3 is 2.58 bits per heavy atom. The first-order chi connectivity index (χ1) is 11.5. The van der Waals surface area contributed by atoms with Crippen LogP contribution >= 0.6 is 0 Å². The summed E-state index contributed by atoms with van der Waals surface area (Å²) in [5.74, 6) is 1.05. The molecule has 1 N–H and O–H groups in total. The molecule has 1 aliphatic heterocycles. The summed E-state index contributed by atoms with van der Waals surface area (Å²) in [6.07, 6.45) is 1.65. The number of methoxy groups -OCH3 is 1. The summed E-state index contributed by atoms with van der Waals surface area (Å²) in [5.41, 5.74) is -0.0791. The van der Waals surface area contributed by atoms with E-state index in [1.807, 2.05) is 25.7 Å². The van der Waals surface area contributed by atoms with Crippen molar-refractivity contribution in [2.75, 3.05) is 26.8 Å². The zero-order chi connectivity index (χ0) is 17.7. The fourth-order valence-corrected chi connectivity index (χ4v) is 3.06. The number of nitrogens with zero attached hydrogens (tertiary/aromatic N) is 4. The lowest BCUT2D eigenvalue weighted by Crippen LogP contribution is -2.46. The molecular weight excluding hydrogens is 310 g/mol. The second-order valence-corrected chi connectivity index (χ2v) is 6.47. The SMILES string of the molecule is CCn1c(C2CCN(C(=O)NC(C)C)CC2)nn(CCOC)c1=O. The molecule has 2 amide bonds.